The molecule has 0 aliphatic heterocycles. The molecule has 0 aliphatic rings. The highest BCUT2D eigenvalue weighted by Gasteiger charge is 2.02. The van der Waals surface area contributed by atoms with Crippen molar-refractivity contribution in [1.82, 2.24) is 0 Å². The van der Waals surface area contributed by atoms with E-state index in [4.69, 9.17) is 4.74 Å². The Hall–Kier alpha value is -2.03. The van der Waals surface area contributed by atoms with Crippen LogP contribution in [0.3, 0.4) is 0 Å². The highest BCUT2D eigenvalue weighted by Crippen LogP contribution is 2.21. The van der Waals surface area contributed by atoms with E-state index in [1.165, 1.54) is 6.08 Å². The number of ether oxygens (including phenoxy) is 1. The molecule has 0 spiro atoms. The molecule has 0 saturated heterocycles. The molecule has 0 saturated carbocycles. The highest BCUT2D eigenvalue weighted by atomic mass is 16.5. The summed E-state index contributed by atoms with van der Waals surface area (Å²) in [6.45, 7) is 8.24. The minimum Gasteiger partial charge on any atom is -0.508 e. The number of rotatable bonds is 7. The van der Waals surface area contributed by atoms with Crippen LogP contribution in [0.15, 0.2) is 36.4 Å². The number of benzene rings is 1. The number of hydrogen-bond acceptors (Lipinski definition) is 3. The Morgan fingerprint density at radius 1 is 1.45 bits per heavy atom. The molecule has 108 valence electrons. The zero-order valence-electron chi connectivity index (χ0n) is 12.2. The first-order chi connectivity index (χ1) is 9.52. The first kappa shape index (κ1) is 16.0. The van der Waals surface area contributed by atoms with Gasteiger partial charge in [0.1, 0.15) is 5.75 Å². The molecule has 0 radical (unpaired) electrons. The van der Waals surface area contributed by atoms with Crippen molar-refractivity contribution in [2.45, 2.75) is 33.1 Å². The van der Waals surface area contributed by atoms with E-state index in [0.717, 1.165) is 29.5 Å². The van der Waals surface area contributed by atoms with Gasteiger partial charge in [-0.1, -0.05) is 31.6 Å². The third-order valence-corrected chi connectivity index (χ3v) is 2.75. The topological polar surface area (TPSA) is 46.5 Å². The van der Waals surface area contributed by atoms with Gasteiger partial charge in [0.05, 0.1) is 6.61 Å². The van der Waals surface area contributed by atoms with Crippen LogP contribution < -0.4 is 0 Å². The Balaban J connectivity index is 2.67. The van der Waals surface area contributed by atoms with E-state index in [1.807, 2.05) is 19.9 Å². The van der Waals surface area contributed by atoms with Gasteiger partial charge in [-0.2, -0.15) is 0 Å². The third-order valence-electron chi connectivity index (χ3n) is 2.75. The summed E-state index contributed by atoms with van der Waals surface area (Å²) >= 11 is 0. The van der Waals surface area contributed by atoms with E-state index >= 15 is 0 Å². The Bertz CT molecular complexity index is 501. The van der Waals surface area contributed by atoms with E-state index in [2.05, 4.69) is 6.58 Å². The Kier molecular flexibility index (Phi) is 6.57. The summed E-state index contributed by atoms with van der Waals surface area (Å²) in [4.78, 5) is 11.4. The molecule has 0 aromatic heterocycles. The van der Waals surface area contributed by atoms with E-state index in [-0.39, 0.29) is 11.7 Å². The smallest absolute Gasteiger partial charge is 0.330 e. The predicted molar refractivity (Wildman–Crippen MR) is 81.5 cm³/mol. The van der Waals surface area contributed by atoms with E-state index in [1.54, 1.807) is 18.2 Å². The summed E-state index contributed by atoms with van der Waals surface area (Å²) in [7, 11) is 0. The number of unbranched alkanes of at least 4 members (excludes halogenated alkanes) is 1. The largest absolute Gasteiger partial charge is 0.508 e. The first-order valence-electron chi connectivity index (χ1n) is 6.84. The van der Waals surface area contributed by atoms with Gasteiger partial charge in [0.2, 0.25) is 0 Å². The zero-order chi connectivity index (χ0) is 15.0. The first-order valence-corrected chi connectivity index (χ1v) is 6.84. The van der Waals surface area contributed by atoms with Crippen molar-refractivity contribution < 1.29 is 14.6 Å². The minimum atomic E-state index is -0.340. The fraction of sp³-hybridized carbons (Fsp3) is 0.353. The second-order valence-corrected chi connectivity index (χ2v) is 4.88. The van der Waals surface area contributed by atoms with Crippen LogP contribution in [0.2, 0.25) is 0 Å². The quantitative estimate of drug-likeness (QED) is 0.355. The normalized spacial score (nSPS) is 10.7. The average molecular weight is 274 g/mol. The number of esters is 1. The summed E-state index contributed by atoms with van der Waals surface area (Å²) in [5.41, 5.74) is 2.63. The third kappa shape index (κ3) is 5.74. The second kappa shape index (κ2) is 8.20. The van der Waals surface area contributed by atoms with Gasteiger partial charge in [-0.15, -0.1) is 0 Å². The Morgan fingerprint density at radius 2 is 2.20 bits per heavy atom. The molecule has 3 heteroatoms. The van der Waals surface area contributed by atoms with Crippen LogP contribution in [-0.2, 0) is 16.0 Å². The van der Waals surface area contributed by atoms with Crippen molar-refractivity contribution in [3.63, 3.8) is 0 Å². The predicted octanol–water partition coefficient (Wildman–Crippen LogP) is 3.87. The van der Waals surface area contributed by atoms with Crippen LogP contribution in [0, 0.1) is 0 Å². The van der Waals surface area contributed by atoms with Crippen LogP contribution >= 0.6 is 0 Å². The fourth-order valence-electron chi connectivity index (χ4n) is 1.71. The zero-order valence-corrected chi connectivity index (χ0v) is 12.2. The molecule has 1 N–H and O–H groups in total. The van der Waals surface area contributed by atoms with E-state index < -0.39 is 0 Å². The molecule has 1 aromatic carbocycles. The van der Waals surface area contributed by atoms with Gasteiger partial charge in [0.15, 0.2) is 0 Å². The molecule has 0 fully saturated rings. The van der Waals surface area contributed by atoms with Crippen LogP contribution in [0.1, 0.15) is 37.8 Å². The molecule has 0 heterocycles. The lowest BCUT2D eigenvalue weighted by molar-refractivity contribution is -0.137. The maximum atomic E-state index is 11.4. The number of carbonyl (C=O) groups excluding carboxylic acids is 1. The number of allylic oxidation sites excluding steroid dienone is 1. The molecule has 20 heavy (non-hydrogen) atoms. The monoisotopic (exact) mass is 274 g/mol. The number of aromatic hydroxyl groups is 1. The summed E-state index contributed by atoms with van der Waals surface area (Å²) in [5, 5.41) is 9.75. The lowest BCUT2D eigenvalue weighted by atomic mass is 10.0. The molecule has 0 bridgehead atoms. The molecular weight excluding hydrogens is 252 g/mol. The summed E-state index contributed by atoms with van der Waals surface area (Å²) in [5.74, 6) is -0.0938. The molecular formula is C17H22O3. The Labute approximate surface area is 120 Å². The number of phenols is 1. The van der Waals surface area contributed by atoms with Gasteiger partial charge >= 0.3 is 5.97 Å². The van der Waals surface area contributed by atoms with E-state index in [0.29, 0.717) is 13.0 Å². The SMILES string of the molecule is C=C(C)Cc1cc(C=CC(=O)OCCCC)ccc1O. The number of hydrogen-bond donors (Lipinski definition) is 1. The van der Waals surface area contributed by atoms with Crippen molar-refractivity contribution in [2.24, 2.45) is 0 Å². The van der Waals surface area contributed by atoms with Crippen molar-refractivity contribution in [3.05, 3.63) is 47.6 Å². The van der Waals surface area contributed by atoms with Gasteiger partial charge in [0.25, 0.3) is 0 Å². The van der Waals surface area contributed by atoms with Gasteiger partial charge in [-0.3, -0.25) is 0 Å². The fourth-order valence-corrected chi connectivity index (χ4v) is 1.71. The van der Waals surface area contributed by atoms with E-state index in [9.17, 15) is 9.90 Å². The molecule has 1 aromatic rings. The van der Waals surface area contributed by atoms with Crippen LogP contribution in [0.4, 0.5) is 0 Å². The van der Waals surface area contributed by atoms with Gasteiger partial charge < -0.3 is 9.84 Å². The molecule has 0 atom stereocenters. The average Bonchev–Trinajstić information content (AvgIpc) is 2.39. The molecule has 0 aliphatic carbocycles. The van der Waals surface area contributed by atoms with Crippen LogP contribution in [0.5, 0.6) is 5.75 Å². The van der Waals surface area contributed by atoms with Gasteiger partial charge in [-0.25, -0.2) is 4.79 Å². The molecule has 1 rings (SSSR count). The summed E-state index contributed by atoms with van der Waals surface area (Å²) < 4.78 is 5.03. The Morgan fingerprint density at radius 3 is 2.85 bits per heavy atom. The highest BCUT2D eigenvalue weighted by molar-refractivity contribution is 5.87. The maximum Gasteiger partial charge on any atom is 0.330 e. The standard InChI is InChI=1S/C17H22O3/c1-4-5-10-20-17(19)9-7-14-6-8-16(18)15(12-14)11-13(2)3/h6-9,12,18H,2,4-5,10-11H2,1,3H3. The molecule has 0 unspecified atom stereocenters. The maximum absolute atomic E-state index is 11.4. The van der Waals surface area contributed by atoms with Crippen molar-refractivity contribution in [2.75, 3.05) is 6.61 Å². The second-order valence-electron chi connectivity index (χ2n) is 4.88. The number of carbonyl (C=O) groups is 1. The van der Waals surface area contributed by atoms with Gasteiger partial charge in [-0.05, 0) is 49.1 Å². The molecule has 3 nitrogen and oxygen atoms in total. The lowest BCUT2D eigenvalue weighted by Crippen LogP contribution is -2.01. The molecule has 0 amide bonds. The van der Waals surface area contributed by atoms with Crippen molar-refractivity contribution in [3.8, 4) is 5.75 Å². The van der Waals surface area contributed by atoms with Crippen molar-refractivity contribution in [1.29, 1.82) is 0 Å². The number of phenolic OH excluding ortho intramolecular Hbond substituents is 1. The lowest BCUT2D eigenvalue weighted by Gasteiger charge is -2.05. The van der Waals surface area contributed by atoms with Crippen LogP contribution in [-0.4, -0.2) is 17.7 Å². The van der Waals surface area contributed by atoms with Crippen LogP contribution in [0.25, 0.3) is 6.08 Å². The minimum absolute atomic E-state index is 0.246. The summed E-state index contributed by atoms with van der Waals surface area (Å²) in [6.07, 6.45) is 5.59. The van der Waals surface area contributed by atoms with Gasteiger partial charge in [0, 0.05) is 6.08 Å². The summed E-state index contributed by atoms with van der Waals surface area (Å²) in [6, 6.07) is 5.23. The van der Waals surface area contributed by atoms with Crippen molar-refractivity contribution >= 4 is 12.0 Å².